The molecule has 0 aliphatic rings. The van der Waals surface area contributed by atoms with Crippen molar-refractivity contribution in [3.63, 3.8) is 0 Å². The zero-order valence-corrected chi connectivity index (χ0v) is 12.1. The van der Waals surface area contributed by atoms with Gasteiger partial charge in [0, 0.05) is 29.7 Å². The van der Waals surface area contributed by atoms with Crippen molar-refractivity contribution in [3.05, 3.63) is 60.3 Å². The van der Waals surface area contributed by atoms with Gasteiger partial charge in [-0.05, 0) is 18.2 Å². The van der Waals surface area contributed by atoms with Crippen molar-refractivity contribution in [1.82, 2.24) is 14.5 Å². The molecule has 0 unspecified atom stereocenters. The van der Waals surface area contributed by atoms with Crippen LogP contribution in [0.3, 0.4) is 0 Å². The number of H-pyrrole nitrogens is 1. The molecular weight excluding hydrogens is 274 g/mol. The summed E-state index contributed by atoms with van der Waals surface area (Å²) < 4.78 is 2.10. The summed E-state index contributed by atoms with van der Waals surface area (Å²) in [4.78, 5) is 7.61. The maximum atomic E-state index is 4.43. The summed E-state index contributed by atoms with van der Waals surface area (Å²) >= 11 is 0. The van der Waals surface area contributed by atoms with Crippen LogP contribution in [0.4, 0.5) is 5.95 Å². The third kappa shape index (κ3) is 2.13. The SMILES string of the molecule is Cn1cc(/C=N\Nc2nc3ccccc3[nH]2)c2ccccc21. The second kappa shape index (κ2) is 5.04. The summed E-state index contributed by atoms with van der Waals surface area (Å²) in [5.74, 6) is 0.637. The molecule has 2 N–H and O–H groups in total. The van der Waals surface area contributed by atoms with Crippen LogP contribution in [0.1, 0.15) is 5.56 Å². The Morgan fingerprint density at radius 2 is 1.95 bits per heavy atom. The summed E-state index contributed by atoms with van der Waals surface area (Å²) in [5.41, 5.74) is 7.12. The molecule has 0 radical (unpaired) electrons. The highest BCUT2D eigenvalue weighted by atomic mass is 15.3. The highest BCUT2D eigenvalue weighted by molar-refractivity contribution is 5.99. The van der Waals surface area contributed by atoms with Crippen LogP contribution >= 0.6 is 0 Å². The predicted molar refractivity (Wildman–Crippen MR) is 90.2 cm³/mol. The second-order valence-corrected chi connectivity index (χ2v) is 5.19. The molecule has 2 heterocycles. The van der Waals surface area contributed by atoms with Crippen LogP contribution < -0.4 is 5.43 Å². The number of nitrogens with zero attached hydrogens (tertiary/aromatic N) is 3. The van der Waals surface area contributed by atoms with Gasteiger partial charge in [0.1, 0.15) is 0 Å². The molecule has 0 atom stereocenters. The van der Waals surface area contributed by atoms with E-state index in [-0.39, 0.29) is 0 Å². The van der Waals surface area contributed by atoms with E-state index in [0.717, 1.165) is 16.6 Å². The number of hydrogen-bond donors (Lipinski definition) is 2. The number of aromatic amines is 1. The zero-order valence-electron chi connectivity index (χ0n) is 12.1. The number of rotatable bonds is 3. The smallest absolute Gasteiger partial charge is 0.222 e. The van der Waals surface area contributed by atoms with E-state index in [9.17, 15) is 0 Å². The first-order valence-corrected chi connectivity index (χ1v) is 7.09. The molecule has 22 heavy (non-hydrogen) atoms. The van der Waals surface area contributed by atoms with Crippen LogP contribution in [0.2, 0.25) is 0 Å². The average Bonchev–Trinajstić information content (AvgIpc) is 3.09. The fourth-order valence-corrected chi connectivity index (χ4v) is 2.64. The van der Waals surface area contributed by atoms with Gasteiger partial charge in [-0.2, -0.15) is 5.10 Å². The number of aromatic nitrogens is 3. The molecule has 4 aromatic rings. The molecule has 0 bridgehead atoms. The molecule has 0 amide bonds. The molecule has 0 saturated heterocycles. The molecular formula is C17H15N5. The Labute approximate surface area is 127 Å². The Bertz CT molecular complexity index is 944. The highest BCUT2D eigenvalue weighted by Crippen LogP contribution is 2.18. The van der Waals surface area contributed by atoms with Crippen molar-refractivity contribution in [2.24, 2.45) is 12.1 Å². The van der Waals surface area contributed by atoms with Gasteiger partial charge in [0.25, 0.3) is 0 Å². The minimum Gasteiger partial charge on any atom is -0.350 e. The first-order chi connectivity index (χ1) is 10.8. The summed E-state index contributed by atoms with van der Waals surface area (Å²) in [7, 11) is 2.03. The van der Waals surface area contributed by atoms with Crippen molar-refractivity contribution in [3.8, 4) is 0 Å². The van der Waals surface area contributed by atoms with Crippen molar-refractivity contribution < 1.29 is 0 Å². The minimum atomic E-state index is 0.637. The molecule has 0 spiro atoms. The number of hydrazone groups is 1. The van der Waals surface area contributed by atoms with Gasteiger partial charge in [0.15, 0.2) is 0 Å². The Morgan fingerprint density at radius 3 is 2.86 bits per heavy atom. The standard InChI is InChI=1S/C17H15N5/c1-22-11-12(13-6-2-5-9-16(13)22)10-18-21-17-19-14-7-3-4-8-15(14)20-17/h2-11H,1H3,(H2,19,20,21)/b18-10-. The lowest BCUT2D eigenvalue weighted by Gasteiger charge is -1.94. The van der Waals surface area contributed by atoms with Gasteiger partial charge in [-0.1, -0.05) is 30.3 Å². The van der Waals surface area contributed by atoms with E-state index in [1.54, 1.807) is 0 Å². The quantitative estimate of drug-likeness (QED) is 0.448. The molecule has 2 aromatic carbocycles. The normalized spacial score (nSPS) is 11.7. The van der Waals surface area contributed by atoms with Crippen molar-refractivity contribution >= 4 is 34.1 Å². The summed E-state index contributed by atoms with van der Waals surface area (Å²) in [6, 6.07) is 16.2. The van der Waals surface area contributed by atoms with E-state index < -0.39 is 0 Å². The molecule has 4 rings (SSSR count). The number of benzene rings is 2. The topological polar surface area (TPSA) is 58.0 Å². The fourth-order valence-electron chi connectivity index (χ4n) is 2.64. The van der Waals surface area contributed by atoms with Crippen LogP contribution in [0.15, 0.2) is 59.8 Å². The summed E-state index contributed by atoms with van der Waals surface area (Å²) in [6.45, 7) is 0. The Kier molecular flexibility index (Phi) is 2.89. The van der Waals surface area contributed by atoms with Gasteiger partial charge < -0.3 is 9.55 Å². The Balaban J connectivity index is 1.61. The summed E-state index contributed by atoms with van der Waals surface area (Å²) in [6.07, 6.45) is 3.88. The van der Waals surface area contributed by atoms with Crippen LogP contribution in [0.25, 0.3) is 21.9 Å². The van der Waals surface area contributed by atoms with Gasteiger partial charge in [0.2, 0.25) is 5.95 Å². The summed E-state index contributed by atoms with van der Waals surface area (Å²) in [5, 5.41) is 5.47. The van der Waals surface area contributed by atoms with Gasteiger partial charge in [-0.3, -0.25) is 0 Å². The van der Waals surface area contributed by atoms with E-state index in [1.807, 2.05) is 49.7 Å². The Hall–Kier alpha value is -3.08. The number of anilines is 1. The predicted octanol–water partition coefficient (Wildman–Crippen LogP) is 3.50. The van der Waals surface area contributed by atoms with Gasteiger partial charge in [-0.15, -0.1) is 0 Å². The van der Waals surface area contributed by atoms with Gasteiger partial charge in [-0.25, -0.2) is 10.4 Å². The Morgan fingerprint density at radius 1 is 1.14 bits per heavy atom. The molecule has 0 aliphatic heterocycles. The first kappa shape index (κ1) is 12.6. The van der Waals surface area contributed by atoms with E-state index >= 15 is 0 Å². The lowest BCUT2D eigenvalue weighted by Crippen LogP contribution is -1.91. The largest absolute Gasteiger partial charge is 0.350 e. The lowest BCUT2D eigenvalue weighted by atomic mass is 10.2. The van der Waals surface area contributed by atoms with Crippen molar-refractivity contribution in [1.29, 1.82) is 0 Å². The van der Waals surface area contributed by atoms with Crippen molar-refractivity contribution in [2.75, 3.05) is 5.43 Å². The lowest BCUT2D eigenvalue weighted by molar-refractivity contribution is 0.968. The molecule has 0 fully saturated rings. The van der Waals surface area contributed by atoms with Crippen LogP contribution in [0, 0.1) is 0 Å². The average molecular weight is 289 g/mol. The first-order valence-electron chi connectivity index (χ1n) is 7.09. The number of nitrogens with one attached hydrogen (secondary N) is 2. The molecule has 0 aliphatic carbocycles. The monoisotopic (exact) mass is 289 g/mol. The third-order valence-electron chi connectivity index (χ3n) is 3.69. The number of aryl methyl sites for hydroxylation is 1. The second-order valence-electron chi connectivity index (χ2n) is 5.19. The van der Waals surface area contributed by atoms with E-state index in [0.29, 0.717) is 5.95 Å². The molecule has 0 saturated carbocycles. The minimum absolute atomic E-state index is 0.637. The van der Waals surface area contributed by atoms with Crippen LogP contribution in [-0.4, -0.2) is 20.7 Å². The maximum absolute atomic E-state index is 4.43. The van der Waals surface area contributed by atoms with E-state index in [2.05, 4.69) is 43.4 Å². The number of imidazole rings is 1. The third-order valence-corrected chi connectivity index (χ3v) is 3.69. The highest BCUT2D eigenvalue weighted by Gasteiger charge is 2.03. The van der Waals surface area contributed by atoms with Crippen LogP contribution in [0.5, 0.6) is 0 Å². The maximum Gasteiger partial charge on any atom is 0.222 e. The molecule has 5 heteroatoms. The molecule has 2 aromatic heterocycles. The van der Waals surface area contributed by atoms with Crippen LogP contribution in [-0.2, 0) is 7.05 Å². The van der Waals surface area contributed by atoms with Gasteiger partial charge >= 0.3 is 0 Å². The van der Waals surface area contributed by atoms with Gasteiger partial charge in [0.05, 0.1) is 17.2 Å². The fraction of sp³-hybridized carbons (Fsp3) is 0.0588. The van der Waals surface area contributed by atoms with Crippen molar-refractivity contribution in [2.45, 2.75) is 0 Å². The molecule has 5 nitrogen and oxygen atoms in total. The number of para-hydroxylation sites is 3. The molecule has 108 valence electrons. The number of hydrogen-bond acceptors (Lipinski definition) is 3. The van der Waals surface area contributed by atoms with E-state index in [1.165, 1.54) is 10.9 Å². The zero-order chi connectivity index (χ0) is 14.9. The van der Waals surface area contributed by atoms with E-state index in [4.69, 9.17) is 0 Å². The number of fused-ring (bicyclic) bond motifs is 2.